The molecule has 8 heteroatoms. The molecule has 1 aromatic heterocycles. The Morgan fingerprint density at radius 2 is 1.79 bits per heavy atom. The fourth-order valence-electron chi connectivity index (χ4n) is 1.58. The van der Waals surface area contributed by atoms with E-state index >= 15 is 0 Å². The van der Waals surface area contributed by atoms with Gasteiger partial charge in [-0.1, -0.05) is 12.1 Å². The molecule has 2 rings (SSSR count). The molecule has 7 nitrogen and oxygen atoms in total. The van der Waals surface area contributed by atoms with E-state index in [1.165, 1.54) is 12.1 Å². The van der Waals surface area contributed by atoms with Crippen LogP contribution in [0.5, 0.6) is 0 Å². The van der Waals surface area contributed by atoms with E-state index in [-0.39, 0.29) is 16.6 Å². The maximum Gasteiger partial charge on any atom is 0.325 e. The van der Waals surface area contributed by atoms with Crippen LogP contribution in [0, 0.1) is 10.1 Å². The van der Waals surface area contributed by atoms with Gasteiger partial charge in [0.25, 0.3) is 11.2 Å². The van der Waals surface area contributed by atoms with Crippen LogP contribution in [0.4, 0.5) is 5.69 Å². The molecule has 0 aliphatic heterocycles. The van der Waals surface area contributed by atoms with Crippen LogP contribution in [0.3, 0.4) is 0 Å². The number of aromatic amines is 2. The van der Waals surface area contributed by atoms with Gasteiger partial charge in [0.2, 0.25) is 0 Å². The molecule has 0 atom stereocenters. The van der Waals surface area contributed by atoms with Crippen LogP contribution in [0.1, 0.15) is 11.3 Å². The number of aromatic nitrogens is 2. The van der Waals surface area contributed by atoms with E-state index in [2.05, 4.69) is 25.9 Å². The predicted octanol–water partition coefficient (Wildman–Crippen LogP) is 1.32. The average molecular weight is 326 g/mol. The number of non-ortho nitro benzene ring substituents is 1. The van der Waals surface area contributed by atoms with Gasteiger partial charge in [-0.05, 0) is 21.5 Å². The normalized spacial score (nSPS) is 10.4. The van der Waals surface area contributed by atoms with Gasteiger partial charge in [0.05, 0.1) is 4.92 Å². The number of benzene rings is 1. The predicted molar refractivity (Wildman–Crippen MR) is 71.3 cm³/mol. The van der Waals surface area contributed by atoms with Crippen molar-refractivity contribution in [3.05, 3.63) is 70.9 Å². The molecule has 0 radical (unpaired) electrons. The highest BCUT2D eigenvalue weighted by atomic mass is 79.9. The smallest absolute Gasteiger partial charge is 0.310 e. The highest BCUT2D eigenvalue weighted by Gasteiger charge is 2.09. The van der Waals surface area contributed by atoms with Crippen LogP contribution < -0.4 is 11.2 Å². The second kappa shape index (κ2) is 5.19. The van der Waals surface area contributed by atoms with Crippen LogP contribution in [-0.4, -0.2) is 14.9 Å². The highest BCUT2D eigenvalue weighted by Crippen LogP contribution is 2.16. The van der Waals surface area contributed by atoms with Crippen molar-refractivity contribution in [2.75, 3.05) is 0 Å². The summed E-state index contributed by atoms with van der Waals surface area (Å²) in [7, 11) is 0. The molecule has 0 bridgehead atoms. The number of nitro benzene ring substituents is 1. The third-order valence-electron chi connectivity index (χ3n) is 2.48. The van der Waals surface area contributed by atoms with Gasteiger partial charge in [0.15, 0.2) is 0 Å². The van der Waals surface area contributed by atoms with E-state index in [0.717, 1.165) is 5.56 Å². The Balaban J connectivity index is 2.34. The molecule has 2 aromatic rings. The van der Waals surface area contributed by atoms with Crippen LogP contribution in [0.2, 0.25) is 0 Å². The van der Waals surface area contributed by atoms with E-state index in [0.29, 0.717) is 5.69 Å². The van der Waals surface area contributed by atoms with Crippen molar-refractivity contribution >= 4 is 21.6 Å². The third-order valence-corrected chi connectivity index (χ3v) is 3.32. The summed E-state index contributed by atoms with van der Waals surface area (Å²) < 4.78 is 0.241. The van der Waals surface area contributed by atoms with Gasteiger partial charge in [-0.2, -0.15) is 0 Å². The number of rotatable bonds is 3. The molecule has 0 spiro atoms. The second-order valence-electron chi connectivity index (χ2n) is 3.80. The fourth-order valence-corrected chi connectivity index (χ4v) is 1.92. The Hall–Kier alpha value is -2.22. The third kappa shape index (κ3) is 2.97. The monoisotopic (exact) mass is 325 g/mol. The average Bonchev–Trinajstić information content (AvgIpc) is 2.36. The van der Waals surface area contributed by atoms with Crippen LogP contribution >= 0.6 is 15.9 Å². The van der Waals surface area contributed by atoms with Crippen molar-refractivity contribution in [1.82, 2.24) is 9.97 Å². The molecule has 98 valence electrons. The van der Waals surface area contributed by atoms with Crippen molar-refractivity contribution in [2.45, 2.75) is 6.42 Å². The number of halogens is 1. The maximum atomic E-state index is 11.4. The molecule has 0 amide bonds. The van der Waals surface area contributed by atoms with Gasteiger partial charge in [-0.25, -0.2) is 4.79 Å². The van der Waals surface area contributed by atoms with E-state index < -0.39 is 16.2 Å². The summed E-state index contributed by atoms with van der Waals surface area (Å²) >= 11 is 3.09. The minimum atomic E-state index is -0.592. The Bertz CT molecular complexity index is 733. The molecule has 0 aliphatic carbocycles. The minimum Gasteiger partial charge on any atom is -0.310 e. The van der Waals surface area contributed by atoms with Gasteiger partial charge < -0.3 is 4.98 Å². The molecule has 0 unspecified atom stereocenters. The SMILES string of the molecule is O=c1[nH]c(Cc2ccc([N+](=O)[O-])cc2)c(Br)c(=O)[nH]1. The Morgan fingerprint density at radius 1 is 1.16 bits per heavy atom. The lowest BCUT2D eigenvalue weighted by atomic mass is 10.1. The molecule has 0 saturated heterocycles. The first kappa shape index (κ1) is 13.2. The summed E-state index contributed by atoms with van der Waals surface area (Å²) in [5.74, 6) is 0. The fraction of sp³-hybridized carbons (Fsp3) is 0.0909. The van der Waals surface area contributed by atoms with Gasteiger partial charge in [-0.15, -0.1) is 0 Å². The number of nitrogens with one attached hydrogen (secondary N) is 2. The standard InChI is InChI=1S/C11H8BrN3O4/c12-9-8(13-11(17)14-10(9)16)5-6-1-3-7(4-2-6)15(18)19/h1-4H,5H2,(H2,13,14,16,17). The number of hydrogen-bond acceptors (Lipinski definition) is 4. The first-order valence-corrected chi connectivity index (χ1v) is 6.01. The number of nitro groups is 1. The molecular weight excluding hydrogens is 318 g/mol. The summed E-state index contributed by atoms with van der Waals surface area (Å²) in [4.78, 5) is 37.2. The molecule has 0 saturated carbocycles. The van der Waals surface area contributed by atoms with Crippen molar-refractivity contribution < 1.29 is 4.92 Å². The van der Waals surface area contributed by atoms with Crippen LogP contribution in [0.25, 0.3) is 0 Å². The molecule has 1 heterocycles. The van der Waals surface area contributed by atoms with Crippen molar-refractivity contribution in [1.29, 1.82) is 0 Å². The van der Waals surface area contributed by atoms with Crippen LogP contribution in [-0.2, 0) is 6.42 Å². The van der Waals surface area contributed by atoms with Crippen LogP contribution in [0.15, 0.2) is 38.3 Å². The first-order chi connectivity index (χ1) is 8.97. The summed E-state index contributed by atoms with van der Waals surface area (Å²) in [5.41, 5.74) is 0.0446. The van der Waals surface area contributed by atoms with Crippen molar-refractivity contribution in [2.24, 2.45) is 0 Å². The van der Waals surface area contributed by atoms with E-state index in [1.807, 2.05) is 0 Å². The number of hydrogen-bond donors (Lipinski definition) is 2. The Kier molecular flexibility index (Phi) is 3.61. The number of H-pyrrole nitrogens is 2. The zero-order valence-electron chi connectivity index (χ0n) is 9.47. The van der Waals surface area contributed by atoms with Gasteiger partial charge in [-0.3, -0.25) is 19.9 Å². The van der Waals surface area contributed by atoms with E-state index in [9.17, 15) is 19.7 Å². The Morgan fingerprint density at radius 3 is 2.37 bits per heavy atom. The van der Waals surface area contributed by atoms with E-state index in [4.69, 9.17) is 0 Å². The number of nitrogens with zero attached hydrogens (tertiary/aromatic N) is 1. The lowest BCUT2D eigenvalue weighted by Gasteiger charge is -2.03. The second-order valence-corrected chi connectivity index (χ2v) is 4.59. The lowest BCUT2D eigenvalue weighted by Crippen LogP contribution is -2.25. The Labute approximate surface area is 114 Å². The highest BCUT2D eigenvalue weighted by molar-refractivity contribution is 9.10. The molecule has 1 aromatic carbocycles. The van der Waals surface area contributed by atoms with Gasteiger partial charge >= 0.3 is 5.69 Å². The van der Waals surface area contributed by atoms with Crippen molar-refractivity contribution in [3.8, 4) is 0 Å². The summed E-state index contributed by atoms with van der Waals surface area (Å²) in [6, 6.07) is 5.89. The zero-order valence-corrected chi connectivity index (χ0v) is 11.1. The lowest BCUT2D eigenvalue weighted by molar-refractivity contribution is -0.384. The summed E-state index contributed by atoms with van der Waals surface area (Å²) in [5, 5.41) is 10.5. The topological polar surface area (TPSA) is 109 Å². The van der Waals surface area contributed by atoms with Crippen molar-refractivity contribution in [3.63, 3.8) is 0 Å². The van der Waals surface area contributed by atoms with Gasteiger partial charge in [0.1, 0.15) is 4.47 Å². The quantitative estimate of drug-likeness (QED) is 0.655. The summed E-state index contributed by atoms with van der Waals surface area (Å²) in [6.45, 7) is 0. The maximum absolute atomic E-state index is 11.4. The van der Waals surface area contributed by atoms with Gasteiger partial charge in [0, 0.05) is 24.2 Å². The molecule has 0 fully saturated rings. The minimum absolute atomic E-state index is 0.0118. The largest absolute Gasteiger partial charge is 0.325 e. The molecule has 19 heavy (non-hydrogen) atoms. The summed E-state index contributed by atoms with van der Waals surface area (Å²) in [6.07, 6.45) is 0.289. The molecular formula is C11H8BrN3O4. The van der Waals surface area contributed by atoms with E-state index in [1.54, 1.807) is 12.1 Å². The molecule has 2 N–H and O–H groups in total. The first-order valence-electron chi connectivity index (χ1n) is 5.21. The zero-order chi connectivity index (χ0) is 14.0. The molecule has 0 aliphatic rings.